The van der Waals surface area contributed by atoms with Crippen LogP contribution in [0.3, 0.4) is 0 Å². The normalized spacial score (nSPS) is 11.3. The third-order valence-corrected chi connectivity index (χ3v) is 3.86. The highest BCUT2D eigenvalue weighted by Gasteiger charge is 2.30. The molecule has 0 atom stereocenters. The lowest BCUT2D eigenvalue weighted by Crippen LogP contribution is -2.07. The molecule has 1 aromatic heterocycles. The molecule has 6 nitrogen and oxygen atoms in total. The first-order valence-electron chi connectivity index (χ1n) is 7.79. The van der Waals surface area contributed by atoms with Crippen molar-refractivity contribution in [3.63, 3.8) is 0 Å². The first-order chi connectivity index (χ1) is 13.3. The van der Waals surface area contributed by atoms with Gasteiger partial charge in [0.15, 0.2) is 6.61 Å². The fourth-order valence-electron chi connectivity index (χ4n) is 2.31. The van der Waals surface area contributed by atoms with Gasteiger partial charge in [-0.25, -0.2) is 4.79 Å². The Bertz CT molecular complexity index is 1000. The molecule has 0 aliphatic rings. The summed E-state index contributed by atoms with van der Waals surface area (Å²) in [6.07, 6.45) is -4.49. The van der Waals surface area contributed by atoms with E-state index in [4.69, 9.17) is 25.6 Å². The Labute approximate surface area is 161 Å². The molecule has 0 fully saturated rings. The van der Waals surface area contributed by atoms with Crippen LogP contribution in [0.15, 0.2) is 47.0 Å². The van der Waals surface area contributed by atoms with Gasteiger partial charge in [-0.15, -0.1) is 0 Å². The van der Waals surface area contributed by atoms with Crippen LogP contribution in [0.5, 0.6) is 5.75 Å². The lowest BCUT2D eigenvalue weighted by Gasteiger charge is -2.07. The van der Waals surface area contributed by atoms with Crippen molar-refractivity contribution in [1.29, 1.82) is 0 Å². The number of benzene rings is 2. The highest BCUT2D eigenvalue weighted by Crippen LogP contribution is 2.31. The minimum atomic E-state index is -4.49. The van der Waals surface area contributed by atoms with Crippen LogP contribution in [-0.2, 0) is 17.5 Å². The van der Waals surface area contributed by atoms with E-state index in [1.54, 1.807) is 6.07 Å². The molecule has 10 heteroatoms. The molecule has 0 radical (unpaired) electrons. The van der Waals surface area contributed by atoms with Gasteiger partial charge in [0.2, 0.25) is 5.82 Å². The van der Waals surface area contributed by atoms with E-state index >= 15 is 0 Å². The Balaban J connectivity index is 1.72. The van der Waals surface area contributed by atoms with E-state index in [9.17, 15) is 18.0 Å². The maximum absolute atomic E-state index is 12.8. The predicted octanol–water partition coefficient (Wildman–Crippen LogP) is 4.77. The molecule has 2 aromatic carbocycles. The highest BCUT2D eigenvalue weighted by molar-refractivity contribution is 6.31. The zero-order valence-corrected chi connectivity index (χ0v) is 15.0. The van der Waals surface area contributed by atoms with Crippen molar-refractivity contribution >= 4 is 17.6 Å². The SMILES string of the molecule is COc1ccc(Cl)cc1C(=O)OCc1nc(-c2cccc(C(F)(F)F)c2)no1. The highest BCUT2D eigenvalue weighted by atomic mass is 35.5. The molecule has 0 saturated heterocycles. The lowest BCUT2D eigenvalue weighted by molar-refractivity contribution is -0.137. The Hall–Kier alpha value is -3.07. The number of hydrogen-bond donors (Lipinski definition) is 0. The quantitative estimate of drug-likeness (QED) is 0.562. The van der Waals surface area contributed by atoms with Crippen molar-refractivity contribution in [3.8, 4) is 17.1 Å². The Morgan fingerprint density at radius 1 is 1.21 bits per heavy atom. The molecule has 3 rings (SSSR count). The number of halogens is 4. The van der Waals surface area contributed by atoms with Crippen LogP contribution in [0.25, 0.3) is 11.4 Å². The first-order valence-corrected chi connectivity index (χ1v) is 8.16. The number of nitrogens with zero attached hydrogens (tertiary/aromatic N) is 2. The van der Waals surface area contributed by atoms with Crippen LogP contribution in [-0.4, -0.2) is 23.2 Å². The van der Waals surface area contributed by atoms with Gasteiger partial charge in [-0.05, 0) is 30.3 Å². The molecule has 0 spiro atoms. The van der Waals surface area contributed by atoms with Gasteiger partial charge in [-0.2, -0.15) is 18.2 Å². The van der Waals surface area contributed by atoms with Gasteiger partial charge < -0.3 is 14.0 Å². The molecule has 0 amide bonds. The van der Waals surface area contributed by atoms with Gasteiger partial charge in [0.05, 0.1) is 12.7 Å². The molecule has 1 heterocycles. The van der Waals surface area contributed by atoms with Gasteiger partial charge in [0.1, 0.15) is 11.3 Å². The van der Waals surface area contributed by atoms with E-state index in [1.807, 2.05) is 0 Å². The van der Waals surface area contributed by atoms with E-state index in [2.05, 4.69) is 10.1 Å². The monoisotopic (exact) mass is 412 g/mol. The summed E-state index contributed by atoms with van der Waals surface area (Å²) in [6.45, 7) is -0.375. The van der Waals surface area contributed by atoms with Gasteiger partial charge >= 0.3 is 12.1 Å². The standard InChI is InChI=1S/C18H12ClF3N2O4/c1-26-14-6-5-12(19)8-13(14)17(25)27-9-15-23-16(24-28-15)10-3-2-4-11(7-10)18(20,21)22/h2-8H,9H2,1H3. The molecule has 146 valence electrons. The molecular weight excluding hydrogens is 401 g/mol. The topological polar surface area (TPSA) is 74.5 Å². The van der Waals surface area contributed by atoms with E-state index in [0.717, 1.165) is 12.1 Å². The molecule has 28 heavy (non-hydrogen) atoms. The lowest BCUT2D eigenvalue weighted by atomic mass is 10.1. The molecule has 0 saturated carbocycles. The second-order valence-corrected chi connectivity index (χ2v) is 5.95. The zero-order valence-electron chi connectivity index (χ0n) is 14.3. The summed E-state index contributed by atoms with van der Waals surface area (Å²) in [5.41, 5.74) is -0.615. The van der Waals surface area contributed by atoms with Crippen LogP contribution in [0, 0.1) is 0 Å². The van der Waals surface area contributed by atoms with Crippen LogP contribution in [0.4, 0.5) is 13.2 Å². The van der Waals surface area contributed by atoms with Crippen molar-refractivity contribution in [2.75, 3.05) is 7.11 Å². The van der Waals surface area contributed by atoms with Crippen molar-refractivity contribution < 1.29 is 32.0 Å². The molecule has 0 unspecified atom stereocenters. The Morgan fingerprint density at radius 2 is 2.00 bits per heavy atom. The molecule has 3 aromatic rings. The van der Waals surface area contributed by atoms with Crippen molar-refractivity contribution in [2.45, 2.75) is 12.8 Å². The first kappa shape index (κ1) is 19.7. The van der Waals surface area contributed by atoms with E-state index in [-0.39, 0.29) is 35.2 Å². The number of alkyl halides is 3. The number of esters is 1. The minimum Gasteiger partial charge on any atom is -0.496 e. The second-order valence-electron chi connectivity index (χ2n) is 5.51. The van der Waals surface area contributed by atoms with Crippen molar-refractivity contribution in [1.82, 2.24) is 10.1 Å². The third-order valence-electron chi connectivity index (χ3n) is 3.62. The number of ether oxygens (including phenoxy) is 2. The smallest absolute Gasteiger partial charge is 0.416 e. The number of hydrogen-bond acceptors (Lipinski definition) is 6. The number of carbonyl (C=O) groups excluding carboxylic acids is 1. The summed E-state index contributed by atoms with van der Waals surface area (Å²) < 4.78 is 53.5. The molecule has 0 aliphatic carbocycles. The summed E-state index contributed by atoms with van der Waals surface area (Å²) in [6, 6.07) is 8.92. The Kier molecular flexibility index (Phi) is 5.55. The van der Waals surface area contributed by atoms with Crippen LogP contribution in [0.2, 0.25) is 5.02 Å². The fraction of sp³-hybridized carbons (Fsp3) is 0.167. The van der Waals surface area contributed by atoms with E-state index < -0.39 is 17.7 Å². The average molecular weight is 413 g/mol. The number of methoxy groups -OCH3 is 1. The van der Waals surface area contributed by atoms with Crippen molar-refractivity contribution in [2.24, 2.45) is 0 Å². The van der Waals surface area contributed by atoms with Gasteiger partial charge in [0, 0.05) is 10.6 Å². The van der Waals surface area contributed by atoms with E-state index in [0.29, 0.717) is 5.02 Å². The van der Waals surface area contributed by atoms with Gasteiger partial charge in [0.25, 0.3) is 5.89 Å². The maximum atomic E-state index is 12.8. The molecule has 0 aliphatic heterocycles. The third kappa shape index (κ3) is 4.42. The fourth-order valence-corrected chi connectivity index (χ4v) is 2.48. The van der Waals surface area contributed by atoms with E-state index in [1.165, 1.54) is 31.4 Å². The summed E-state index contributed by atoms with van der Waals surface area (Å²) in [5.74, 6) is -0.609. The summed E-state index contributed by atoms with van der Waals surface area (Å²) >= 11 is 5.87. The number of carbonyl (C=O) groups is 1. The van der Waals surface area contributed by atoms with Gasteiger partial charge in [-0.3, -0.25) is 0 Å². The maximum Gasteiger partial charge on any atom is 0.416 e. The Morgan fingerprint density at radius 3 is 2.71 bits per heavy atom. The molecule has 0 bridgehead atoms. The van der Waals surface area contributed by atoms with Crippen LogP contribution in [0.1, 0.15) is 21.8 Å². The largest absolute Gasteiger partial charge is 0.496 e. The predicted molar refractivity (Wildman–Crippen MR) is 91.9 cm³/mol. The molecule has 0 N–H and O–H groups in total. The summed E-state index contributed by atoms with van der Waals surface area (Å²) in [7, 11) is 1.39. The summed E-state index contributed by atoms with van der Waals surface area (Å²) in [4.78, 5) is 16.2. The summed E-state index contributed by atoms with van der Waals surface area (Å²) in [5, 5.41) is 3.93. The number of aromatic nitrogens is 2. The van der Waals surface area contributed by atoms with Crippen molar-refractivity contribution in [3.05, 3.63) is 64.5 Å². The molecular formula is C18H12ClF3N2O4. The van der Waals surface area contributed by atoms with Crippen LogP contribution < -0.4 is 4.74 Å². The second kappa shape index (κ2) is 7.89. The average Bonchev–Trinajstić information content (AvgIpc) is 3.14. The zero-order chi connectivity index (χ0) is 20.3. The minimum absolute atomic E-state index is 0.0579. The van der Waals surface area contributed by atoms with Gasteiger partial charge in [-0.1, -0.05) is 28.9 Å². The number of rotatable bonds is 5. The van der Waals surface area contributed by atoms with Crippen LogP contribution >= 0.6 is 11.6 Å².